The van der Waals surface area contributed by atoms with Crippen LogP contribution in [0, 0.1) is 0 Å². The Morgan fingerprint density at radius 3 is 1.51 bits per heavy atom. The Morgan fingerprint density at radius 1 is 0.542 bits per heavy atom. The summed E-state index contributed by atoms with van der Waals surface area (Å²) in [7, 11) is 0. The largest absolute Gasteiger partial charge is 0.457 e. The molecule has 346 valence electrons. The molecular formula is C50H92O9. The smallest absolute Gasteiger partial charge is 0.306 e. The zero-order valence-corrected chi connectivity index (χ0v) is 38.0. The predicted octanol–water partition coefficient (Wildman–Crippen LogP) is 11.5. The number of hydrogen-bond acceptors (Lipinski definition) is 9. The molecule has 9 heteroatoms. The molecule has 1 fully saturated rings. The summed E-state index contributed by atoms with van der Waals surface area (Å²) < 4.78 is 22.9. The molecule has 0 spiro atoms. The molecule has 0 radical (unpaired) electrons. The van der Waals surface area contributed by atoms with Gasteiger partial charge in [0.1, 0.15) is 30.5 Å². The van der Waals surface area contributed by atoms with Crippen molar-refractivity contribution in [1.29, 1.82) is 0 Å². The minimum atomic E-state index is -1.54. The summed E-state index contributed by atoms with van der Waals surface area (Å²) in [6.07, 6.45) is 43.1. The highest BCUT2D eigenvalue weighted by Gasteiger charge is 2.44. The number of carbonyl (C=O) groups excluding carboxylic acids is 1. The van der Waals surface area contributed by atoms with Crippen LogP contribution in [0.15, 0.2) is 36.5 Å². The Morgan fingerprint density at radius 2 is 0.983 bits per heavy atom. The maximum absolute atomic E-state index is 12.8. The summed E-state index contributed by atoms with van der Waals surface area (Å²) in [4.78, 5) is 12.8. The molecule has 1 aliphatic rings. The van der Waals surface area contributed by atoms with E-state index >= 15 is 0 Å². The van der Waals surface area contributed by atoms with E-state index in [0.717, 1.165) is 38.5 Å². The van der Waals surface area contributed by atoms with Gasteiger partial charge >= 0.3 is 5.97 Å². The highest BCUT2D eigenvalue weighted by atomic mass is 16.7. The molecule has 6 unspecified atom stereocenters. The van der Waals surface area contributed by atoms with Crippen LogP contribution in [-0.2, 0) is 23.7 Å². The topological polar surface area (TPSA) is 135 Å². The van der Waals surface area contributed by atoms with Gasteiger partial charge in [0, 0.05) is 13.0 Å². The molecule has 59 heavy (non-hydrogen) atoms. The van der Waals surface area contributed by atoms with Crippen molar-refractivity contribution in [2.75, 3.05) is 26.4 Å². The predicted molar refractivity (Wildman–Crippen MR) is 242 cm³/mol. The number of aliphatic hydroxyl groups excluding tert-OH is 4. The highest BCUT2D eigenvalue weighted by molar-refractivity contribution is 5.69. The lowest BCUT2D eigenvalue weighted by molar-refractivity contribution is -0.305. The molecule has 6 atom stereocenters. The molecule has 4 N–H and O–H groups in total. The Balaban J connectivity index is 2.23. The number of hydrogen-bond donors (Lipinski definition) is 4. The first-order valence-corrected chi connectivity index (χ1v) is 24.6. The maximum Gasteiger partial charge on any atom is 0.306 e. The summed E-state index contributed by atoms with van der Waals surface area (Å²) in [6, 6.07) is 0. The SMILES string of the molecule is CCCCC/C=C\C/C=C\CCCCCCCCCCOCC(COC1OC(CO)C(O)C(O)C1O)OC(=O)CCCCCCCCC/C=C\CCCCCCCCC. The number of ether oxygens (including phenoxy) is 4. The lowest BCUT2D eigenvalue weighted by Gasteiger charge is -2.39. The van der Waals surface area contributed by atoms with E-state index in [4.69, 9.17) is 18.9 Å². The summed E-state index contributed by atoms with van der Waals surface area (Å²) >= 11 is 0. The van der Waals surface area contributed by atoms with Crippen molar-refractivity contribution in [3.63, 3.8) is 0 Å². The molecule has 0 aromatic heterocycles. The summed E-state index contributed by atoms with van der Waals surface area (Å²) in [5, 5.41) is 40.2. The first-order chi connectivity index (χ1) is 28.9. The Kier molecular flexibility index (Phi) is 39.2. The molecule has 1 rings (SSSR count). The standard InChI is InChI=1S/C50H92O9/c1-3-5-7-9-11-13-15-17-19-21-23-25-27-29-31-33-35-37-39-46(52)58-44(43-57-50-49(55)48(54)47(53)45(41-51)59-50)42-56-40-38-36-34-32-30-28-26-24-22-20-18-16-14-12-10-8-6-4-2/h12,14,18-21,44-45,47-51,53-55H,3-11,13,15-17,22-43H2,1-2H3/b14-12-,20-18-,21-19-. The third kappa shape index (κ3) is 32.7. The molecule has 0 aliphatic carbocycles. The average molecular weight is 837 g/mol. The number of esters is 1. The number of rotatable bonds is 42. The second-order valence-electron chi connectivity index (χ2n) is 16.9. The molecule has 0 aromatic carbocycles. The van der Waals surface area contributed by atoms with Gasteiger partial charge in [-0.25, -0.2) is 0 Å². The third-order valence-corrected chi connectivity index (χ3v) is 11.3. The van der Waals surface area contributed by atoms with Crippen LogP contribution >= 0.6 is 0 Å². The Bertz CT molecular complexity index is 999. The third-order valence-electron chi connectivity index (χ3n) is 11.3. The van der Waals surface area contributed by atoms with Crippen LogP contribution in [0.3, 0.4) is 0 Å². The normalized spacial score (nSPS) is 20.4. The van der Waals surface area contributed by atoms with E-state index in [2.05, 4.69) is 50.3 Å². The first-order valence-electron chi connectivity index (χ1n) is 24.6. The van der Waals surface area contributed by atoms with Crippen LogP contribution in [-0.4, -0.2) is 89.6 Å². The van der Waals surface area contributed by atoms with Crippen LogP contribution in [0.25, 0.3) is 0 Å². The van der Waals surface area contributed by atoms with Gasteiger partial charge < -0.3 is 39.4 Å². The molecule has 0 bridgehead atoms. The average Bonchev–Trinajstić information content (AvgIpc) is 3.24. The summed E-state index contributed by atoms with van der Waals surface area (Å²) in [5.74, 6) is -0.319. The highest BCUT2D eigenvalue weighted by Crippen LogP contribution is 2.23. The summed E-state index contributed by atoms with van der Waals surface area (Å²) in [5.41, 5.74) is 0. The maximum atomic E-state index is 12.8. The lowest BCUT2D eigenvalue weighted by atomic mass is 9.99. The fraction of sp³-hybridized carbons (Fsp3) is 0.860. The van der Waals surface area contributed by atoms with E-state index < -0.39 is 43.4 Å². The fourth-order valence-electron chi connectivity index (χ4n) is 7.40. The zero-order valence-electron chi connectivity index (χ0n) is 38.0. The minimum absolute atomic E-state index is 0.116. The van der Waals surface area contributed by atoms with Crippen molar-refractivity contribution in [3.05, 3.63) is 36.5 Å². The van der Waals surface area contributed by atoms with Gasteiger partial charge in [0.15, 0.2) is 6.29 Å². The molecule has 1 heterocycles. The van der Waals surface area contributed by atoms with Gasteiger partial charge in [-0.1, -0.05) is 172 Å². The number of unbranched alkanes of at least 4 members (excludes halogenated alkanes) is 25. The van der Waals surface area contributed by atoms with Crippen LogP contribution in [0.4, 0.5) is 0 Å². The molecule has 0 saturated carbocycles. The van der Waals surface area contributed by atoms with E-state index in [-0.39, 0.29) is 19.2 Å². The molecule has 0 amide bonds. The van der Waals surface area contributed by atoms with Crippen molar-refractivity contribution >= 4 is 5.97 Å². The van der Waals surface area contributed by atoms with Gasteiger partial charge in [-0.2, -0.15) is 0 Å². The molecule has 1 aliphatic heterocycles. The molecule has 9 nitrogen and oxygen atoms in total. The molecule has 0 aromatic rings. The van der Waals surface area contributed by atoms with Crippen molar-refractivity contribution in [2.45, 2.75) is 250 Å². The monoisotopic (exact) mass is 837 g/mol. The Labute approximate surface area is 361 Å². The van der Waals surface area contributed by atoms with Gasteiger partial charge in [-0.15, -0.1) is 0 Å². The second-order valence-corrected chi connectivity index (χ2v) is 16.9. The zero-order chi connectivity index (χ0) is 42.9. The van der Waals surface area contributed by atoms with Gasteiger partial charge in [0.05, 0.1) is 19.8 Å². The number of allylic oxidation sites excluding steroid dienone is 6. The minimum Gasteiger partial charge on any atom is -0.457 e. The quantitative estimate of drug-likeness (QED) is 0.0269. The van der Waals surface area contributed by atoms with Crippen molar-refractivity contribution in [1.82, 2.24) is 0 Å². The Hall–Kier alpha value is -1.59. The number of aliphatic hydroxyl groups is 4. The van der Waals surface area contributed by atoms with Crippen LogP contribution in [0.5, 0.6) is 0 Å². The summed E-state index contributed by atoms with van der Waals surface area (Å²) in [6.45, 7) is 4.53. The van der Waals surface area contributed by atoms with Crippen LogP contribution in [0.2, 0.25) is 0 Å². The lowest BCUT2D eigenvalue weighted by Crippen LogP contribution is -2.59. The molecular weight excluding hydrogens is 745 g/mol. The van der Waals surface area contributed by atoms with Crippen LogP contribution in [0.1, 0.15) is 213 Å². The van der Waals surface area contributed by atoms with Gasteiger partial charge in [-0.05, 0) is 70.6 Å². The van der Waals surface area contributed by atoms with Crippen LogP contribution < -0.4 is 0 Å². The van der Waals surface area contributed by atoms with Crippen molar-refractivity contribution in [2.24, 2.45) is 0 Å². The molecule has 1 saturated heterocycles. The fourth-order valence-corrected chi connectivity index (χ4v) is 7.40. The first kappa shape index (κ1) is 55.4. The van der Waals surface area contributed by atoms with Gasteiger partial charge in [-0.3, -0.25) is 4.79 Å². The second kappa shape index (κ2) is 41.7. The van der Waals surface area contributed by atoms with Crippen molar-refractivity contribution < 1.29 is 44.2 Å². The van der Waals surface area contributed by atoms with Gasteiger partial charge in [0.2, 0.25) is 0 Å². The van der Waals surface area contributed by atoms with E-state index in [9.17, 15) is 25.2 Å². The van der Waals surface area contributed by atoms with E-state index in [1.54, 1.807) is 0 Å². The van der Waals surface area contributed by atoms with E-state index in [1.807, 2.05) is 0 Å². The van der Waals surface area contributed by atoms with E-state index in [1.165, 1.54) is 154 Å². The van der Waals surface area contributed by atoms with Gasteiger partial charge in [0.25, 0.3) is 0 Å². The van der Waals surface area contributed by atoms with E-state index in [0.29, 0.717) is 13.0 Å². The van der Waals surface area contributed by atoms with Crippen molar-refractivity contribution in [3.8, 4) is 0 Å². The number of carbonyl (C=O) groups is 1.